The molecule has 12 rings (SSSR count). The highest BCUT2D eigenvalue weighted by Gasteiger charge is 2.21. The van der Waals surface area contributed by atoms with E-state index in [1.165, 1.54) is 32.3 Å². The second-order valence-electron chi connectivity index (χ2n) is 13.1. The van der Waals surface area contributed by atoms with Gasteiger partial charge in [0.2, 0.25) is 11.6 Å². The Balaban J connectivity index is 1.29. The molecule has 0 fully saturated rings. The molecule has 0 saturated heterocycles. The number of fused-ring (bicyclic) bond motifs is 17. The Kier molecular flexibility index (Phi) is 4.89. The molecule has 232 valence electrons. The molecule has 6 heteroatoms. The van der Waals surface area contributed by atoms with E-state index in [0.717, 1.165) is 66.9 Å². The van der Waals surface area contributed by atoms with Crippen molar-refractivity contribution in [3.8, 4) is 5.69 Å². The summed E-state index contributed by atoms with van der Waals surface area (Å²) in [4.78, 5) is 10.5. The number of benzene rings is 7. The van der Waals surface area contributed by atoms with Gasteiger partial charge in [0.15, 0.2) is 0 Å². The average molecular weight is 639 g/mol. The summed E-state index contributed by atoms with van der Waals surface area (Å²) >= 11 is 0. The molecule has 5 heterocycles. The smallest absolute Gasteiger partial charge is 0.220 e. The van der Waals surface area contributed by atoms with Crippen molar-refractivity contribution in [2.75, 3.05) is 0 Å². The van der Waals surface area contributed by atoms with Crippen LogP contribution in [-0.4, -0.2) is 27.7 Å². The Morgan fingerprint density at radius 3 is 1.62 bits per heavy atom. The van der Waals surface area contributed by atoms with Gasteiger partial charge < -0.3 is 0 Å². The lowest BCUT2D eigenvalue weighted by molar-refractivity contribution is 1.11. The van der Waals surface area contributed by atoms with E-state index in [4.69, 9.17) is 9.97 Å². The zero-order chi connectivity index (χ0) is 32.5. The molecule has 6 nitrogen and oxygen atoms in total. The van der Waals surface area contributed by atoms with Gasteiger partial charge in [0.25, 0.3) is 0 Å². The van der Waals surface area contributed by atoms with Gasteiger partial charge in [0.05, 0.1) is 55.3 Å². The van der Waals surface area contributed by atoms with Crippen molar-refractivity contribution in [3.05, 3.63) is 158 Å². The summed E-state index contributed by atoms with van der Waals surface area (Å²) in [7, 11) is 0. The van der Waals surface area contributed by atoms with Gasteiger partial charge in [0, 0.05) is 10.8 Å². The first kappa shape index (κ1) is 26.1. The first-order valence-electron chi connectivity index (χ1n) is 16.9. The van der Waals surface area contributed by atoms with Gasteiger partial charge in [-0.15, -0.1) is 0 Å². The molecule has 0 unspecified atom stereocenters. The predicted molar refractivity (Wildman–Crippen MR) is 206 cm³/mol. The molecule has 0 amide bonds. The zero-order valence-electron chi connectivity index (χ0n) is 26.7. The Hall–Kier alpha value is -6.92. The maximum Gasteiger partial charge on any atom is 0.220 e. The fourth-order valence-electron chi connectivity index (χ4n) is 8.48. The third-order valence-electron chi connectivity index (χ3n) is 10.5. The van der Waals surface area contributed by atoms with E-state index in [1.807, 2.05) is 0 Å². The summed E-state index contributed by atoms with van der Waals surface area (Å²) < 4.78 is 9.27. The van der Waals surface area contributed by atoms with Crippen LogP contribution in [0.5, 0.6) is 0 Å². The van der Waals surface area contributed by atoms with Crippen molar-refractivity contribution < 1.29 is 0 Å². The van der Waals surface area contributed by atoms with Gasteiger partial charge in [-0.1, -0.05) is 103 Å². The van der Waals surface area contributed by atoms with Crippen LogP contribution < -0.4 is 0 Å². The van der Waals surface area contributed by atoms with Crippen LogP contribution in [0.25, 0.3) is 99.2 Å². The van der Waals surface area contributed by atoms with Crippen molar-refractivity contribution in [2.45, 2.75) is 0 Å². The topological polar surface area (TPSA) is 43.9 Å². The van der Waals surface area contributed by atoms with Crippen LogP contribution >= 0.6 is 0 Å². The number of hydrogen-bond acceptors (Lipinski definition) is 2. The third-order valence-corrected chi connectivity index (χ3v) is 10.5. The minimum absolute atomic E-state index is 0.887. The number of aromatic nitrogens is 6. The molecule has 0 radical (unpaired) electrons. The van der Waals surface area contributed by atoms with E-state index in [2.05, 4.69) is 175 Å². The summed E-state index contributed by atoms with van der Waals surface area (Å²) in [5.74, 6) is 1.78. The number of nitrogens with zero attached hydrogens (tertiary/aromatic N) is 6. The lowest BCUT2D eigenvalue weighted by atomic mass is 10.0. The summed E-state index contributed by atoms with van der Waals surface area (Å²) in [5.41, 5.74) is 10.7. The molecule has 0 N–H and O–H groups in total. The van der Waals surface area contributed by atoms with Crippen LogP contribution in [0.15, 0.2) is 158 Å². The summed E-state index contributed by atoms with van der Waals surface area (Å²) in [5, 5.41) is 7.22. The fraction of sp³-hybridized carbons (Fsp3) is 0. The van der Waals surface area contributed by atoms with Crippen molar-refractivity contribution in [3.63, 3.8) is 0 Å². The monoisotopic (exact) mass is 638 g/mol. The highest BCUT2D eigenvalue weighted by Crippen LogP contribution is 2.38. The van der Waals surface area contributed by atoms with E-state index in [1.54, 1.807) is 0 Å². The minimum Gasteiger partial charge on any atom is -0.278 e. The van der Waals surface area contributed by atoms with Gasteiger partial charge in [-0.05, 0) is 76.1 Å². The second-order valence-corrected chi connectivity index (χ2v) is 13.1. The van der Waals surface area contributed by atoms with Gasteiger partial charge in [-0.2, -0.15) is 0 Å². The van der Waals surface area contributed by atoms with Crippen molar-refractivity contribution in [1.29, 1.82) is 0 Å². The molecular formula is C44H26N6. The molecule has 5 aromatic heterocycles. The molecule has 0 aliphatic heterocycles. The van der Waals surface area contributed by atoms with Gasteiger partial charge in [-0.25, -0.2) is 9.97 Å². The fourth-order valence-corrected chi connectivity index (χ4v) is 8.48. The lowest BCUT2D eigenvalue weighted by Gasteiger charge is -2.06. The van der Waals surface area contributed by atoms with Crippen molar-refractivity contribution in [1.82, 2.24) is 27.7 Å². The average Bonchev–Trinajstić information content (AvgIpc) is 3.91. The van der Waals surface area contributed by atoms with Crippen LogP contribution in [0.4, 0.5) is 0 Å². The molecule has 7 aromatic carbocycles. The minimum atomic E-state index is 0.887. The third kappa shape index (κ3) is 3.22. The Morgan fingerprint density at radius 1 is 0.320 bits per heavy atom. The van der Waals surface area contributed by atoms with Gasteiger partial charge >= 0.3 is 0 Å². The molecule has 0 aliphatic rings. The quantitative estimate of drug-likeness (QED) is 0.180. The van der Waals surface area contributed by atoms with Crippen LogP contribution in [0.2, 0.25) is 0 Å². The molecule has 0 atom stereocenters. The van der Waals surface area contributed by atoms with E-state index in [9.17, 15) is 0 Å². The maximum absolute atomic E-state index is 5.39. The molecule has 12 aromatic rings. The van der Waals surface area contributed by atoms with E-state index in [-0.39, 0.29) is 0 Å². The standard InChI is InChI=1S/C44H26N6/c1-3-14-30-28(12-1)29-13-2-4-15-31(29)33-17-11-23-40-42(33)50(36-19-7-5-16-32(30)36)44-46-35-25-24-27(26-41(35)49(40)44)47-38-21-9-10-22-39(38)48-37-20-8-6-18-34(37)45-43(47)48/h1-26H. The predicted octanol–water partition coefficient (Wildman–Crippen LogP) is 10.7. The largest absolute Gasteiger partial charge is 0.278 e. The zero-order valence-corrected chi connectivity index (χ0v) is 26.7. The molecule has 0 saturated carbocycles. The normalized spacial score (nSPS) is 12.4. The molecule has 0 spiro atoms. The van der Waals surface area contributed by atoms with E-state index in [0.29, 0.717) is 0 Å². The lowest BCUT2D eigenvalue weighted by Crippen LogP contribution is -1.95. The Morgan fingerprint density at radius 2 is 0.840 bits per heavy atom. The first-order valence-corrected chi connectivity index (χ1v) is 16.9. The number of imidazole rings is 4. The first-order chi connectivity index (χ1) is 24.8. The Labute approximate surface area is 283 Å². The van der Waals surface area contributed by atoms with E-state index < -0.39 is 0 Å². The summed E-state index contributed by atoms with van der Waals surface area (Å²) in [6.07, 6.45) is 0. The van der Waals surface area contributed by atoms with Crippen LogP contribution in [0.1, 0.15) is 0 Å². The van der Waals surface area contributed by atoms with Gasteiger partial charge in [0.1, 0.15) is 0 Å². The second kappa shape index (κ2) is 9.36. The number of rotatable bonds is 1. The van der Waals surface area contributed by atoms with Crippen LogP contribution in [0.3, 0.4) is 0 Å². The Bertz CT molecular complexity index is 3450. The van der Waals surface area contributed by atoms with E-state index >= 15 is 0 Å². The molecule has 0 aliphatic carbocycles. The number of para-hydroxylation sites is 6. The highest BCUT2D eigenvalue weighted by molar-refractivity contribution is 6.21. The van der Waals surface area contributed by atoms with Crippen molar-refractivity contribution >= 4 is 93.5 Å². The van der Waals surface area contributed by atoms with Crippen LogP contribution in [-0.2, 0) is 0 Å². The highest BCUT2D eigenvalue weighted by atomic mass is 15.2. The summed E-state index contributed by atoms with van der Waals surface area (Å²) in [6, 6.07) is 56.5. The SMILES string of the molecule is c1ccc2c(c1)nc1n(-c3ccc4nc5n(c4c3)c3cccc4c6ccccc6c6ccccc6c6ccccc6n5c43)c3ccccc3n21. The maximum atomic E-state index is 5.39. The van der Waals surface area contributed by atoms with Crippen molar-refractivity contribution in [2.24, 2.45) is 0 Å². The molecule has 0 bridgehead atoms. The van der Waals surface area contributed by atoms with Gasteiger partial charge in [-0.3, -0.25) is 17.8 Å². The summed E-state index contributed by atoms with van der Waals surface area (Å²) in [6.45, 7) is 0. The number of hydrogen-bond donors (Lipinski definition) is 0. The molecule has 50 heavy (non-hydrogen) atoms. The molecular weight excluding hydrogens is 613 g/mol. The van der Waals surface area contributed by atoms with Crippen LogP contribution in [0, 0.1) is 0 Å².